The number of imide groups is 1. The number of carbonyl (C=O) groups excluding carboxylic acids is 10. The van der Waals surface area contributed by atoms with Crippen molar-refractivity contribution in [3.8, 4) is 11.4 Å². The Hall–Kier alpha value is -9.20. The smallest absolute Gasteiger partial charge is 0.343 e. The number of carbonyl (C=O) groups is 11. The standard InChI is InChI=1S/C57H63FN10O15/c1-3-57(82)35-22-41-52-33(27-68(41)54(79)34(35)29-83-56(57)81)51-37(16-15-32-30(2)36(58)23-38(65-52)50(32)51)62-44(71)14-10-19-66(28-42(59)69)55(80)40(21-31-11-6-4-7-12-31)64-46(73)26-60-45(72)25-61-53(78)39(24-49(76)77)63-43(70)13-8-5-9-20-67-47(74)17-18-48(67)75/h4,6-7,11-12,17-18,22-23,37,39-40,82H,3,5,8-10,13-16,19-21,24-29H2,1-2H3,(H2,59,69)(H,60,72)(H,61,78)(H,62,71)(H,63,70)(H,64,73)(H,76,77)/t37-,39-,40-,57-/m0/s1. The number of cyclic esters (lactones) is 1. The molecule has 1 aliphatic carbocycles. The van der Waals surface area contributed by atoms with Crippen molar-refractivity contribution >= 4 is 76.0 Å². The number of rotatable bonds is 26. The van der Waals surface area contributed by atoms with Crippen LogP contribution < -0.4 is 37.9 Å². The molecule has 0 radical (unpaired) electrons. The quantitative estimate of drug-likeness (QED) is 0.0207. The molecular weight excluding hydrogens is 1080 g/mol. The average molecular weight is 1150 g/mol. The number of primary amides is 1. The second kappa shape index (κ2) is 25.7. The number of aromatic nitrogens is 2. The maximum Gasteiger partial charge on any atom is 0.343 e. The SMILES string of the molecule is CC[C@@]1(O)C(=O)OCc2c1cc1n(c2=O)Cc2c-1nc1cc(F)c(C)c3c1c2[C@@H](NC(=O)CCCN(CC(N)=O)C(=O)[C@H](Cc1ccccc1)NC(=O)CNC(=O)CNC(=O)[C@H](CC(=O)O)NC(=O)CCCCCN1C(=O)C=CC1=O)CC3. The highest BCUT2D eigenvalue weighted by Gasteiger charge is 2.46. The maximum atomic E-state index is 15.5. The predicted molar refractivity (Wildman–Crippen MR) is 290 cm³/mol. The van der Waals surface area contributed by atoms with Crippen molar-refractivity contribution in [1.29, 1.82) is 0 Å². The van der Waals surface area contributed by atoms with Crippen LogP contribution in [0.4, 0.5) is 4.39 Å². The van der Waals surface area contributed by atoms with Crippen LogP contribution in [0.3, 0.4) is 0 Å². The molecule has 83 heavy (non-hydrogen) atoms. The minimum atomic E-state index is -2.09. The number of carboxylic acid groups (broad SMARTS) is 1. The fraction of sp³-hybridized carbons (Fsp3) is 0.421. The Morgan fingerprint density at radius 1 is 0.867 bits per heavy atom. The van der Waals surface area contributed by atoms with Crippen molar-refractivity contribution in [2.24, 2.45) is 5.73 Å². The number of aliphatic carboxylic acids is 1. The summed E-state index contributed by atoms with van der Waals surface area (Å²) in [5, 5.41) is 34.0. The van der Waals surface area contributed by atoms with E-state index in [1.54, 1.807) is 50.2 Å². The van der Waals surface area contributed by atoms with E-state index < -0.39 is 126 Å². The number of esters is 1. The molecular formula is C57H63FN10O15. The zero-order valence-corrected chi connectivity index (χ0v) is 45.6. The van der Waals surface area contributed by atoms with Gasteiger partial charge in [-0.15, -0.1) is 0 Å². The lowest BCUT2D eigenvalue weighted by Crippen LogP contribution is -2.54. The first-order chi connectivity index (χ1) is 39.6. The van der Waals surface area contributed by atoms with Gasteiger partial charge in [0, 0.05) is 67.1 Å². The summed E-state index contributed by atoms with van der Waals surface area (Å²) in [6, 6.07) is 7.83. The summed E-state index contributed by atoms with van der Waals surface area (Å²) in [5.41, 5.74) is 7.09. The van der Waals surface area contributed by atoms with Crippen molar-refractivity contribution in [3.05, 3.63) is 110 Å². The van der Waals surface area contributed by atoms with E-state index in [-0.39, 0.29) is 75.0 Å². The number of nitrogens with zero attached hydrogens (tertiary/aromatic N) is 4. The first-order valence-electron chi connectivity index (χ1n) is 27.2. The fourth-order valence-corrected chi connectivity index (χ4v) is 10.9. The Balaban J connectivity index is 0.882. The van der Waals surface area contributed by atoms with Gasteiger partial charge in [0.2, 0.25) is 41.4 Å². The first kappa shape index (κ1) is 59.9. The normalized spacial score (nSPS) is 17.1. The molecule has 2 aromatic carbocycles. The van der Waals surface area contributed by atoms with Gasteiger partial charge in [0.15, 0.2) is 5.60 Å². The fourth-order valence-electron chi connectivity index (χ4n) is 10.9. The summed E-state index contributed by atoms with van der Waals surface area (Å²) >= 11 is 0. The van der Waals surface area contributed by atoms with Crippen LogP contribution in [0.1, 0.15) is 110 Å². The second-order valence-electron chi connectivity index (χ2n) is 20.8. The van der Waals surface area contributed by atoms with Gasteiger partial charge < -0.3 is 56.7 Å². The van der Waals surface area contributed by atoms with E-state index in [1.165, 1.54) is 10.6 Å². The number of aliphatic hydroxyl groups is 1. The van der Waals surface area contributed by atoms with Gasteiger partial charge in [-0.25, -0.2) is 14.2 Å². The van der Waals surface area contributed by atoms with Gasteiger partial charge in [-0.1, -0.05) is 43.7 Å². The Morgan fingerprint density at radius 2 is 1.57 bits per heavy atom. The third-order valence-corrected chi connectivity index (χ3v) is 15.2. The number of unbranched alkanes of at least 4 members (excludes halogenated alkanes) is 2. The minimum absolute atomic E-state index is 0.00592. The molecule has 4 aliphatic rings. The Labute approximate surface area is 473 Å². The van der Waals surface area contributed by atoms with Gasteiger partial charge in [-0.05, 0) is 73.8 Å². The van der Waals surface area contributed by atoms with Crippen LogP contribution in [0.15, 0.2) is 59.4 Å². The Kier molecular flexibility index (Phi) is 18.6. The van der Waals surface area contributed by atoms with Crippen LogP contribution in [0.5, 0.6) is 0 Å². The maximum absolute atomic E-state index is 15.5. The summed E-state index contributed by atoms with van der Waals surface area (Å²) < 4.78 is 22.2. The van der Waals surface area contributed by atoms with Gasteiger partial charge in [0.25, 0.3) is 17.4 Å². The molecule has 26 heteroatoms. The Bertz CT molecular complexity index is 3420. The van der Waals surface area contributed by atoms with Crippen molar-refractivity contribution in [3.63, 3.8) is 0 Å². The largest absolute Gasteiger partial charge is 0.481 e. The van der Waals surface area contributed by atoms with Crippen LogP contribution in [0, 0.1) is 12.7 Å². The number of halogens is 1. The molecule has 4 atom stereocenters. The van der Waals surface area contributed by atoms with Crippen LogP contribution in [-0.4, -0.2) is 139 Å². The Morgan fingerprint density at radius 3 is 2.27 bits per heavy atom. The number of ether oxygens (including phenoxy) is 1. The molecule has 9 N–H and O–H groups in total. The lowest BCUT2D eigenvalue weighted by atomic mass is 9.81. The number of nitrogens with two attached hydrogens (primary N) is 1. The number of pyridine rings is 2. The molecule has 5 heterocycles. The zero-order chi connectivity index (χ0) is 59.9. The molecule has 9 amide bonds. The molecule has 0 spiro atoms. The summed E-state index contributed by atoms with van der Waals surface area (Å²) in [4.78, 5) is 162. The minimum Gasteiger partial charge on any atom is -0.481 e. The molecule has 0 bridgehead atoms. The second-order valence-corrected chi connectivity index (χ2v) is 20.8. The summed E-state index contributed by atoms with van der Waals surface area (Å²) in [6.45, 7) is 0.853. The van der Waals surface area contributed by atoms with E-state index >= 15 is 4.39 Å². The predicted octanol–water partition coefficient (Wildman–Crippen LogP) is 0.130. The third kappa shape index (κ3) is 13.4. The third-order valence-electron chi connectivity index (χ3n) is 15.2. The van der Waals surface area contributed by atoms with Gasteiger partial charge in [-0.3, -0.25) is 57.6 Å². The summed E-state index contributed by atoms with van der Waals surface area (Å²) in [5.74, 6) is -9.16. The molecule has 0 saturated heterocycles. The van der Waals surface area contributed by atoms with Crippen LogP contribution in [-0.2, 0) is 89.1 Å². The average Bonchev–Trinajstić information content (AvgIpc) is 1.88. The number of amides is 9. The lowest BCUT2D eigenvalue weighted by molar-refractivity contribution is -0.172. The molecule has 4 aromatic rings. The van der Waals surface area contributed by atoms with Gasteiger partial charge in [-0.2, -0.15) is 0 Å². The van der Waals surface area contributed by atoms with E-state index in [2.05, 4.69) is 26.6 Å². The number of nitrogens with one attached hydrogen (secondary N) is 5. The lowest BCUT2D eigenvalue weighted by Gasteiger charge is -2.31. The molecule has 2 aromatic heterocycles. The molecule has 0 fully saturated rings. The first-order valence-corrected chi connectivity index (χ1v) is 27.2. The van der Waals surface area contributed by atoms with E-state index in [1.807, 2.05) is 0 Å². The van der Waals surface area contributed by atoms with Gasteiger partial charge in [0.1, 0.15) is 24.5 Å². The van der Waals surface area contributed by atoms with Gasteiger partial charge >= 0.3 is 11.9 Å². The van der Waals surface area contributed by atoms with E-state index in [0.717, 1.165) is 22.0 Å². The van der Waals surface area contributed by atoms with E-state index in [0.29, 0.717) is 76.7 Å². The van der Waals surface area contributed by atoms with E-state index in [4.69, 9.17) is 15.5 Å². The number of carboxylic acids is 1. The monoisotopic (exact) mass is 1150 g/mol. The molecule has 0 unspecified atom stereocenters. The van der Waals surface area contributed by atoms with Crippen LogP contribution in [0.25, 0.3) is 22.3 Å². The molecule has 3 aliphatic heterocycles. The van der Waals surface area contributed by atoms with Crippen molar-refractivity contribution in [2.45, 2.75) is 121 Å². The molecule has 438 valence electrons. The van der Waals surface area contributed by atoms with Crippen LogP contribution in [0.2, 0.25) is 0 Å². The zero-order valence-electron chi connectivity index (χ0n) is 45.6. The molecule has 25 nitrogen and oxygen atoms in total. The van der Waals surface area contributed by atoms with Crippen molar-refractivity contribution in [2.75, 3.05) is 32.7 Å². The van der Waals surface area contributed by atoms with Crippen molar-refractivity contribution in [1.82, 2.24) is 45.9 Å². The van der Waals surface area contributed by atoms with Crippen LogP contribution >= 0.6 is 0 Å². The highest BCUT2D eigenvalue weighted by Crippen LogP contribution is 2.46. The number of hydrogen-bond donors (Lipinski definition) is 8. The number of benzene rings is 2. The number of hydrogen-bond acceptors (Lipinski definition) is 15. The topological polar surface area (TPSA) is 365 Å². The molecule has 0 saturated carbocycles. The van der Waals surface area contributed by atoms with E-state index in [9.17, 15) is 67.7 Å². The number of fused-ring (bicyclic) bond motifs is 5. The highest BCUT2D eigenvalue weighted by atomic mass is 19.1. The highest BCUT2D eigenvalue weighted by molar-refractivity contribution is 6.12. The number of aryl methyl sites for hydroxylation is 1. The summed E-state index contributed by atoms with van der Waals surface area (Å²) in [6.07, 6.45) is 2.92. The van der Waals surface area contributed by atoms with Crippen molar-refractivity contribution < 1.29 is 72.1 Å². The van der Waals surface area contributed by atoms with Gasteiger partial charge in [0.05, 0.1) is 61.1 Å². The molecule has 8 rings (SSSR count). The summed E-state index contributed by atoms with van der Waals surface area (Å²) in [7, 11) is 0.